The molecule has 2 aliphatic rings. The molecule has 4 heteroatoms. The van der Waals surface area contributed by atoms with E-state index in [1.807, 2.05) is 23.6 Å². The van der Waals surface area contributed by atoms with Crippen molar-refractivity contribution >= 4 is 17.7 Å². The van der Waals surface area contributed by atoms with Crippen LogP contribution in [0.15, 0.2) is 0 Å². The van der Waals surface area contributed by atoms with E-state index in [-0.39, 0.29) is 6.04 Å². The predicted molar refractivity (Wildman–Crippen MR) is 63.9 cm³/mol. The van der Waals surface area contributed by atoms with Crippen LogP contribution < -0.4 is 5.32 Å². The summed E-state index contributed by atoms with van der Waals surface area (Å²) >= 11 is 1.97. The zero-order chi connectivity index (χ0) is 10.8. The van der Waals surface area contributed by atoms with Gasteiger partial charge in [-0.2, -0.15) is 11.8 Å². The van der Waals surface area contributed by atoms with Crippen LogP contribution in [-0.4, -0.2) is 41.1 Å². The molecule has 0 spiro atoms. The summed E-state index contributed by atoms with van der Waals surface area (Å²) in [5.41, 5.74) is 0. The van der Waals surface area contributed by atoms with E-state index in [2.05, 4.69) is 11.6 Å². The summed E-state index contributed by atoms with van der Waals surface area (Å²) in [5.74, 6) is 0.294. The van der Waals surface area contributed by atoms with Crippen molar-refractivity contribution in [1.29, 1.82) is 0 Å². The van der Waals surface area contributed by atoms with Crippen molar-refractivity contribution in [2.45, 2.75) is 49.9 Å². The Balaban J connectivity index is 1.88. The fourth-order valence-electron chi connectivity index (χ4n) is 2.55. The highest BCUT2D eigenvalue weighted by atomic mass is 32.2. The van der Waals surface area contributed by atoms with E-state index in [9.17, 15) is 4.79 Å². The minimum atomic E-state index is 0.0308. The quantitative estimate of drug-likeness (QED) is 0.776. The van der Waals surface area contributed by atoms with Gasteiger partial charge in [0.25, 0.3) is 0 Å². The van der Waals surface area contributed by atoms with Crippen molar-refractivity contribution < 1.29 is 4.79 Å². The lowest BCUT2D eigenvalue weighted by molar-refractivity contribution is -0.131. The van der Waals surface area contributed by atoms with Crippen LogP contribution in [0.25, 0.3) is 0 Å². The van der Waals surface area contributed by atoms with Crippen molar-refractivity contribution in [3.63, 3.8) is 0 Å². The highest BCUT2D eigenvalue weighted by molar-refractivity contribution is 7.99. The molecule has 1 saturated heterocycles. The van der Waals surface area contributed by atoms with Gasteiger partial charge in [0.1, 0.15) is 0 Å². The van der Waals surface area contributed by atoms with E-state index >= 15 is 0 Å². The zero-order valence-corrected chi connectivity index (χ0v) is 10.3. The summed E-state index contributed by atoms with van der Waals surface area (Å²) in [5, 5.41) is 4.04. The topological polar surface area (TPSA) is 32.3 Å². The average molecular weight is 228 g/mol. The Labute approximate surface area is 96.0 Å². The second-order valence-corrected chi connectivity index (χ2v) is 5.70. The zero-order valence-electron chi connectivity index (χ0n) is 9.53. The molecular weight excluding hydrogens is 208 g/mol. The number of amides is 1. The van der Waals surface area contributed by atoms with Crippen LogP contribution in [0.1, 0.15) is 32.6 Å². The summed E-state index contributed by atoms with van der Waals surface area (Å²) in [4.78, 5) is 13.9. The molecule has 1 unspecified atom stereocenters. The maximum atomic E-state index is 11.8. The maximum Gasteiger partial charge on any atom is 0.240 e. The molecule has 0 aromatic carbocycles. The molecule has 1 saturated carbocycles. The monoisotopic (exact) mass is 228 g/mol. The van der Waals surface area contributed by atoms with E-state index in [1.54, 1.807) is 0 Å². The van der Waals surface area contributed by atoms with Gasteiger partial charge in [0.15, 0.2) is 0 Å². The molecule has 1 aliphatic heterocycles. The fourth-order valence-corrected chi connectivity index (χ4v) is 3.29. The predicted octanol–water partition coefficient (Wildman–Crippen LogP) is 1.44. The van der Waals surface area contributed by atoms with Gasteiger partial charge in [-0.05, 0) is 38.9 Å². The van der Waals surface area contributed by atoms with Crippen LogP contribution in [0.3, 0.4) is 0 Å². The second-order valence-electron chi connectivity index (χ2n) is 4.56. The third kappa shape index (κ3) is 2.31. The lowest BCUT2D eigenvalue weighted by Crippen LogP contribution is -2.40. The molecular formula is C11H20N2OS. The van der Waals surface area contributed by atoms with Gasteiger partial charge in [-0.3, -0.25) is 10.1 Å². The van der Waals surface area contributed by atoms with Crippen LogP contribution in [-0.2, 0) is 4.79 Å². The smallest absolute Gasteiger partial charge is 0.240 e. The van der Waals surface area contributed by atoms with Crippen LogP contribution in [0, 0.1) is 0 Å². The van der Waals surface area contributed by atoms with Gasteiger partial charge in [-0.25, -0.2) is 0 Å². The fraction of sp³-hybridized carbons (Fsp3) is 0.909. The van der Waals surface area contributed by atoms with Crippen LogP contribution >= 0.6 is 11.8 Å². The first-order chi connectivity index (χ1) is 7.22. The molecule has 2 rings (SSSR count). The number of hydrogen-bond acceptors (Lipinski definition) is 3. The maximum absolute atomic E-state index is 11.8. The van der Waals surface area contributed by atoms with Crippen LogP contribution in [0.5, 0.6) is 0 Å². The Morgan fingerprint density at radius 3 is 2.47 bits per heavy atom. The van der Waals surface area contributed by atoms with Crippen molar-refractivity contribution in [3.8, 4) is 0 Å². The number of carbonyl (C=O) groups is 1. The van der Waals surface area contributed by atoms with Crippen LogP contribution in [0.4, 0.5) is 0 Å². The summed E-state index contributed by atoms with van der Waals surface area (Å²) in [6.07, 6.45) is 7.10. The third-order valence-electron chi connectivity index (χ3n) is 3.64. The highest BCUT2D eigenvalue weighted by Crippen LogP contribution is 2.30. The van der Waals surface area contributed by atoms with Crippen molar-refractivity contribution in [3.05, 3.63) is 0 Å². The van der Waals surface area contributed by atoms with Crippen molar-refractivity contribution in [2.75, 3.05) is 12.9 Å². The Hall–Kier alpha value is -0.220. The molecule has 15 heavy (non-hydrogen) atoms. The molecule has 0 bridgehead atoms. The Bertz CT molecular complexity index is 239. The number of nitrogens with zero attached hydrogens (tertiary/aromatic N) is 1. The molecule has 1 atom stereocenters. The molecule has 0 radical (unpaired) electrons. The summed E-state index contributed by atoms with van der Waals surface area (Å²) < 4.78 is 0. The molecule has 86 valence electrons. The molecule has 2 fully saturated rings. The summed E-state index contributed by atoms with van der Waals surface area (Å²) in [7, 11) is 0. The van der Waals surface area contributed by atoms with E-state index in [1.165, 1.54) is 25.7 Å². The van der Waals surface area contributed by atoms with Gasteiger partial charge in [0.05, 0.1) is 12.7 Å². The number of thioether (sulfide) groups is 1. The largest absolute Gasteiger partial charge is 0.326 e. The minimum absolute atomic E-state index is 0.0308. The second kappa shape index (κ2) is 4.74. The number of carbonyl (C=O) groups excluding carboxylic acids is 1. The van der Waals surface area contributed by atoms with Gasteiger partial charge in [-0.1, -0.05) is 0 Å². The third-order valence-corrected chi connectivity index (χ3v) is 4.78. The van der Waals surface area contributed by atoms with E-state index in [0.29, 0.717) is 11.9 Å². The lowest BCUT2D eigenvalue weighted by atomic mass is 9.94. The van der Waals surface area contributed by atoms with E-state index < -0.39 is 0 Å². The van der Waals surface area contributed by atoms with Gasteiger partial charge < -0.3 is 4.90 Å². The van der Waals surface area contributed by atoms with E-state index in [4.69, 9.17) is 0 Å². The van der Waals surface area contributed by atoms with Gasteiger partial charge in [-0.15, -0.1) is 0 Å². The Morgan fingerprint density at radius 2 is 2.00 bits per heavy atom. The molecule has 0 aromatic rings. The number of hydrogen-bond donors (Lipinski definition) is 1. The van der Waals surface area contributed by atoms with Crippen LogP contribution in [0.2, 0.25) is 0 Å². The molecule has 1 heterocycles. The Kier molecular flexibility index (Phi) is 3.57. The standard InChI is InChI=1S/C11H20N2OS/c1-8-11(14)13(7-12-8)9-3-5-10(15-2)6-4-9/h8-10,12H,3-7H2,1-2H3. The average Bonchev–Trinajstić information content (AvgIpc) is 2.60. The molecule has 1 N–H and O–H groups in total. The summed E-state index contributed by atoms with van der Waals surface area (Å²) in [6.45, 7) is 2.71. The Morgan fingerprint density at radius 1 is 1.33 bits per heavy atom. The van der Waals surface area contributed by atoms with Gasteiger partial charge in [0.2, 0.25) is 5.91 Å². The molecule has 1 amide bonds. The molecule has 1 aliphatic carbocycles. The first-order valence-electron chi connectivity index (χ1n) is 5.79. The van der Waals surface area contributed by atoms with Gasteiger partial charge >= 0.3 is 0 Å². The van der Waals surface area contributed by atoms with E-state index in [0.717, 1.165) is 11.9 Å². The normalized spacial score (nSPS) is 37.3. The summed E-state index contributed by atoms with van der Waals surface area (Å²) in [6, 6.07) is 0.529. The number of rotatable bonds is 2. The SMILES string of the molecule is CSC1CCC(N2CNC(C)C2=O)CC1. The van der Waals surface area contributed by atoms with Crippen molar-refractivity contribution in [2.24, 2.45) is 0 Å². The van der Waals surface area contributed by atoms with Gasteiger partial charge in [0, 0.05) is 11.3 Å². The van der Waals surface area contributed by atoms with Crippen molar-refractivity contribution in [1.82, 2.24) is 10.2 Å². The number of nitrogens with one attached hydrogen (secondary N) is 1. The molecule has 3 nitrogen and oxygen atoms in total. The molecule has 0 aromatic heterocycles. The minimum Gasteiger partial charge on any atom is -0.326 e. The highest BCUT2D eigenvalue weighted by Gasteiger charge is 2.34. The lowest BCUT2D eigenvalue weighted by Gasteiger charge is -2.33. The first-order valence-corrected chi connectivity index (χ1v) is 7.08. The first kappa shape index (κ1) is 11.3.